The summed E-state index contributed by atoms with van der Waals surface area (Å²) in [5, 5.41) is 6.69. The predicted molar refractivity (Wildman–Crippen MR) is 85.6 cm³/mol. The van der Waals surface area contributed by atoms with Crippen molar-refractivity contribution >= 4 is 17.8 Å². The maximum absolute atomic E-state index is 11.9. The van der Waals surface area contributed by atoms with E-state index >= 15 is 0 Å². The van der Waals surface area contributed by atoms with Crippen molar-refractivity contribution in [3.8, 4) is 0 Å². The van der Waals surface area contributed by atoms with Gasteiger partial charge in [-0.15, -0.1) is 0 Å². The van der Waals surface area contributed by atoms with E-state index in [2.05, 4.69) is 10.5 Å². The monoisotopic (exact) mass is 323 g/mol. The topological polar surface area (TPSA) is 71.5 Å². The molecule has 2 amide bonds. The van der Waals surface area contributed by atoms with Crippen LogP contribution in [-0.2, 0) is 12.3 Å². The van der Waals surface area contributed by atoms with Crippen LogP contribution >= 0.6 is 11.8 Å². The first-order valence-electron chi connectivity index (χ1n) is 7.16. The van der Waals surface area contributed by atoms with Crippen molar-refractivity contribution in [3.05, 3.63) is 41.7 Å². The molecule has 0 aromatic carbocycles. The normalized spacial score (nSPS) is 10.6. The van der Waals surface area contributed by atoms with E-state index in [0.717, 1.165) is 29.4 Å². The SMILES string of the molecule is Cc1cc(CN(C)C(=O)NCCCSCc2ccco2)on1. The highest BCUT2D eigenvalue weighted by Crippen LogP contribution is 2.12. The maximum Gasteiger partial charge on any atom is 0.317 e. The maximum atomic E-state index is 11.9. The van der Waals surface area contributed by atoms with Crippen LogP contribution in [0.2, 0.25) is 0 Å². The first-order chi connectivity index (χ1) is 10.6. The van der Waals surface area contributed by atoms with Crippen molar-refractivity contribution in [2.75, 3.05) is 19.3 Å². The Labute approximate surface area is 134 Å². The van der Waals surface area contributed by atoms with E-state index in [4.69, 9.17) is 8.94 Å². The fourth-order valence-corrected chi connectivity index (χ4v) is 2.73. The molecule has 2 heterocycles. The molecule has 0 atom stereocenters. The minimum absolute atomic E-state index is 0.106. The van der Waals surface area contributed by atoms with Gasteiger partial charge in [-0.05, 0) is 31.2 Å². The fourth-order valence-electron chi connectivity index (χ4n) is 1.87. The Morgan fingerprint density at radius 3 is 3.00 bits per heavy atom. The number of nitrogens with one attached hydrogen (secondary N) is 1. The van der Waals surface area contributed by atoms with Crippen molar-refractivity contribution in [2.24, 2.45) is 0 Å². The summed E-state index contributed by atoms with van der Waals surface area (Å²) in [5.41, 5.74) is 0.817. The number of aromatic nitrogens is 1. The molecule has 120 valence electrons. The summed E-state index contributed by atoms with van der Waals surface area (Å²) in [7, 11) is 1.73. The lowest BCUT2D eigenvalue weighted by Crippen LogP contribution is -2.37. The van der Waals surface area contributed by atoms with Crippen molar-refractivity contribution in [2.45, 2.75) is 25.6 Å². The van der Waals surface area contributed by atoms with Gasteiger partial charge in [-0.25, -0.2) is 4.79 Å². The standard InChI is InChI=1S/C15H21N3O3S/c1-12-9-14(21-17-12)10-18(2)15(19)16-6-4-8-22-11-13-5-3-7-20-13/h3,5,7,9H,4,6,8,10-11H2,1-2H3,(H,16,19). The number of aryl methyl sites for hydroxylation is 1. The largest absolute Gasteiger partial charge is 0.468 e. The van der Waals surface area contributed by atoms with Crippen LogP contribution in [0.4, 0.5) is 4.79 Å². The molecule has 0 radical (unpaired) electrons. The summed E-state index contributed by atoms with van der Waals surface area (Å²) < 4.78 is 10.4. The number of thioether (sulfide) groups is 1. The van der Waals surface area contributed by atoms with Gasteiger partial charge in [0.25, 0.3) is 0 Å². The van der Waals surface area contributed by atoms with Gasteiger partial charge in [-0.3, -0.25) is 0 Å². The molecule has 1 N–H and O–H groups in total. The third kappa shape index (κ3) is 5.48. The Kier molecular flexibility index (Phi) is 6.39. The van der Waals surface area contributed by atoms with E-state index in [9.17, 15) is 4.79 Å². The van der Waals surface area contributed by atoms with Gasteiger partial charge >= 0.3 is 6.03 Å². The lowest BCUT2D eigenvalue weighted by Gasteiger charge is -2.16. The highest BCUT2D eigenvalue weighted by atomic mass is 32.2. The summed E-state index contributed by atoms with van der Waals surface area (Å²) in [4.78, 5) is 13.5. The van der Waals surface area contributed by atoms with Gasteiger partial charge in [0, 0.05) is 19.7 Å². The molecule has 0 fully saturated rings. The molecule has 0 spiro atoms. The summed E-state index contributed by atoms with van der Waals surface area (Å²) in [5.74, 6) is 3.51. The van der Waals surface area contributed by atoms with E-state index in [1.807, 2.05) is 25.1 Å². The molecule has 2 aromatic rings. The Hall–Kier alpha value is -1.89. The Morgan fingerprint density at radius 1 is 1.45 bits per heavy atom. The van der Waals surface area contributed by atoms with Gasteiger partial charge in [-0.1, -0.05) is 5.16 Å². The van der Waals surface area contributed by atoms with Crippen LogP contribution < -0.4 is 5.32 Å². The second kappa shape index (κ2) is 8.53. The zero-order valence-corrected chi connectivity index (χ0v) is 13.7. The molecule has 0 bridgehead atoms. The molecule has 6 nitrogen and oxygen atoms in total. The van der Waals surface area contributed by atoms with Gasteiger partial charge in [0.1, 0.15) is 5.76 Å². The average Bonchev–Trinajstić information content (AvgIpc) is 3.14. The number of urea groups is 1. The van der Waals surface area contributed by atoms with Crippen LogP contribution in [0.3, 0.4) is 0 Å². The number of rotatable bonds is 8. The second-order valence-electron chi connectivity index (χ2n) is 5.01. The van der Waals surface area contributed by atoms with Crippen LogP contribution in [0.5, 0.6) is 0 Å². The molecule has 22 heavy (non-hydrogen) atoms. The zero-order valence-electron chi connectivity index (χ0n) is 12.9. The van der Waals surface area contributed by atoms with Crippen LogP contribution in [0.25, 0.3) is 0 Å². The van der Waals surface area contributed by atoms with Gasteiger partial charge < -0.3 is 19.2 Å². The number of hydrogen-bond donors (Lipinski definition) is 1. The molecule has 0 aliphatic rings. The van der Waals surface area contributed by atoms with E-state index in [0.29, 0.717) is 18.8 Å². The van der Waals surface area contributed by atoms with Crippen molar-refractivity contribution in [3.63, 3.8) is 0 Å². The van der Waals surface area contributed by atoms with E-state index in [1.165, 1.54) is 0 Å². The summed E-state index contributed by atoms with van der Waals surface area (Å²) in [6, 6.07) is 5.58. The Morgan fingerprint density at radius 2 is 2.32 bits per heavy atom. The molecule has 0 aliphatic carbocycles. The van der Waals surface area contributed by atoms with Crippen LogP contribution in [0.15, 0.2) is 33.4 Å². The number of carbonyl (C=O) groups is 1. The van der Waals surface area contributed by atoms with E-state index in [-0.39, 0.29) is 6.03 Å². The van der Waals surface area contributed by atoms with Crippen molar-refractivity contribution in [1.29, 1.82) is 0 Å². The molecule has 2 aromatic heterocycles. The van der Waals surface area contributed by atoms with Crippen molar-refractivity contribution in [1.82, 2.24) is 15.4 Å². The summed E-state index contributed by atoms with van der Waals surface area (Å²) in [6.07, 6.45) is 2.61. The molecular weight excluding hydrogens is 302 g/mol. The second-order valence-corrected chi connectivity index (χ2v) is 6.11. The predicted octanol–water partition coefficient (Wildman–Crippen LogP) is 3.04. The van der Waals surface area contributed by atoms with Gasteiger partial charge in [-0.2, -0.15) is 11.8 Å². The minimum Gasteiger partial charge on any atom is -0.468 e. The van der Waals surface area contributed by atoms with Crippen LogP contribution in [0, 0.1) is 6.92 Å². The van der Waals surface area contributed by atoms with Crippen LogP contribution in [0.1, 0.15) is 23.6 Å². The summed E-state index contributed by atoms with van der Waals surface area (Å²) in [6.45, 7) is 2.93. The molecule has 0 unspecified atom stereocenters. The first kappa shape index (κ1) is 16.5. The first-order valence-corrected chi connectivity index (χ1v) is 8.32. The van der Waals surface area contributed by atoms with Crippen molar-refractivity contribution < 1.29 is 13.7 Å². The van der Waals surface area contributed by atoms with Gasteiger partial charge in [0.15, 0.2) is 5.76 Å². The molecule has 0 saturated carbocycles. The number of furan rings is 1. The molecule has 7 heteroatoms. The lowest BCUT2D eigenvalue weighted by atomic mass is 10.4. The third-order valence-electron chi connectivity index (χ3n) is 2.98. The Balaban J connectivity index is 1.55. The lowest BCUT2D eigenvalue weighted by molar-refractivity contribution is 0.201. The number of carbonyl (C=O) groups excluding carboxylic acids is 1. The Bertz CT molecular complexity index is 568. The summed E-state index contributed by atoms with van der Waals surface area (Å²) >= 11 is 1.79. The van der Waals surface area contributed by atoms with Gasteiger partial charge in [0.05, 0.1) is 24.3 Å². The quantitative estimate of drug-likeness (QED) is 0.756. The number of hydrogen-bond acceptors (Lipinski definition) is 5. The highest BCUT2D eigenvalue weighted by Gasteiger charge is 2.11. The number of nitrogens with zero attached hydrogens (tertiary/aromatic N) is 2. The van der Waals surface area contributed by atoms with E-state index in [1.54, 1.807) is 30.0 Å². The van der Waals surface area contributed by atoms with Gasteiger partial charge in [0.2, 0.25) is 0 Å². The van der Waals surface area contributed by atoms with E-state index < -0.39 is 0 Å². The fraction of sp³-hybridized carbons (Fsp3) is 0.467. The average molecular weight is 323 g/mol. The third-order valence-corrected chi connectivity index (χ3v) is 4.05. The minimum atomic E-state index is -0.106. The highest BCUT2D eigenvalue weighted by molar-refractivity contribution is 7.98. The smallest absolute Gasteiger partial charge is 0.317 e. The number of amides is 2. The molecule has 0 saturated heterocycles. The zero-order chi connectivity index (χ0) is 15.8. The molecule has 0 aliphatic heterocycles. The van der Waals surface area contributed by atoms with Crippen LogP contribution in [-0.4, -0.2) is 35.4 Å². The molecular formula is C15H21N3O3S. The molecule has 2 rings (SSSR count).